The Balaban J connectivity index is 1.76. The summed E-state index contributed by atoms with van der Waals surface area (Å²) in [5.74, 6) is 0.969. The van der Waals surface area contributed by atoms with Crippen LogP contribution in [0.5, 0.6) is 0 Å². The molecule has 0 saturated heterocycles. The van der Waals surface area contributed by atoms with Crippen LogP contribution >= 0.6 is 11.8 Å². The fourth-order valence-corrected chi connectivity index (χ4v) is 2.90. The second-order valence-corrected chi connectivity index (χ2v) is 5.90. The predicted molar refractivity (Wildman–Crippen MR) is 93.0 cm³/mol. The van der Waals surface area contributed by atoms with Crippen molar-refractivity contribution >= 4 is 23.3 Å². The quantitative estimate of drug-likeness (QED) is 0.730. The van der Waals surface area contributed by atoms with Crippen LogP contribution in [0.4, 0.5) is 11.5 Å². The van der Waals surface area contributed by atoms with E-state index in [-0.39, 0.29) is 11.4 Å². The lowest BCUT2D eigenvalue weighted by Gasteiger charge is -2.09. The maximum atomic E-state index is 12.4. The van der Waals surface area contributed by atoms with E-state index in [0.717, 1.165) is 11.4 Å². The second-order valence-electron chi connectivity index (χ2n) is 4.96. The molecule has 0 atom stereocenters. The summed E-state index contributed by atoms with van der Waals surface area (Å²) in [5.41, 5.74) is 1.79. The van der Waals surface area contributed by atoms with Gasteiger partial charge in [0.25, 0.3) is 5.56 Å². The highest BCUT2D eigenvalue weighted by Crippen LogP contribution is 2.19. The molecule has 3 aromatic rings. The highest BCUT2D eigenvalue weighted by atomic mass is 32.2. The molecule has 23 heavy (non-hydrogen) atoms. The van der Waals surface area contributed by atoms with Crippen molar-refractivity contribution < 1.29 is 0 Å². The van der Waals surface area contributed by atoms with Gasteiger partial charge in [0.05, 0.1) is 0 Å². The molecule has 0 fully saturated rings. The number of hydrogen-bond donors (Lipinski definition) is 1. The van der Waals surface area contributed by atoms with Crippen LogP contribution < -0.4 is 10.9 Å². The summed E-state index contributed by atoms with van der Waals surface area (Å²) in [7, 11) is 1.71. The van der Waals surface area contributed by atoms with Gasteiger partial charge in [-0.25, -0.2) is 0 Å². The topological polar surface area (TPSA) is 59.8 Å². The molecule has 5 nitrogen and oxygen atoms in total. The summed E-state index contributed by atoms with van der Waals surface area (Å²) >= 11 is 1.49. The number of para-hydroxylation sites is 1. The number of nitrogens with one attached hydrogen (secondary N) is 1. The summed E-state index contributed by atoms with van der Waals surface area (Å²) in [5, 5.41) is 11.8. The third-order valence-corrected chi connectivity index (χ3v) is 4.37. The van der Waals surface area contributed by atoms with Gasteiger partial charge >= 0.3 is 0 Å². The van der Waals surface area contributed by atoms with Gasteiger partial charge in [0.15, 0.2) is 5.16 Å². The molecule has 0 saturated carbocycles. The average molecular weight is 324 g/mol. The van der Waals surface area contributed by atoms with Crippen LogP contribution in [-0.4, -0.2) is 14.8 Å². The molecule has 0 aliphatic rings. The second kappa shape index (κ2) is 7.11. The Labute approximate surface area is 138 Å². The smallest absolute Gasteiger partial charge is 0.297 e. The number of anilines is 2. The molecule has 0 amide bonds. The molecule has 3 rings (SSSR count). The van der Waals surface area contributed by atoms with Crippen molar-refractivity contribution in [1.29, 1.82) is 0 Å². The highest BCUT2D eigenvalue weighted by Gasteiger charge is 2.10. The van der Waals surface area contributed by atoms with Crippen molar-refractivity contribution in [3.05, 3.63) is 76.6 Å². The highest BCUT2D eigenvalue weighted by molar-refractivity contribution is 7.98. The molecule has 0 radical (unpaired) electrons. The number of thioether (sulfide) groups is 1. The molecule has 1 N–H and O–H groups in total. The lowest BCUT2D eigenvalue weighted by atomic mass is 10.2. The van der Waals surface area contributed by atoms with Crippen LogP contribution in [0.1, 0.15) is 5.56 Å². The Kier molecular flexibility index (Phi) is 4.73. The van der Waals surface area contributed by atoms with E-state index in [0.29, 0.717) is 5.16 Å². The first-order chi connectivity index (χ1) is 11.2. The van der Waals surface area contributed by atoms with E-state index < -0.39 is 0 Å². The average Bonchev–Trinajstić information content (AvgIpc) is 2.60. The molecule has 2 aromatic carbocycles. The van der Waals surface area contributed by atoms with Crippen molar-refractivity contribution in [2.75, 3.05) is 5.32 Å². The van der Waals surface area contributed by atoms with Crippen LogP contribution in [0.3, 0.4) is 0 Å². The maximum Gasteiger partial charge on any atom is 0.297 e. The van der Waals surface area contributed by atoms with Crippen molar-refractivity contribution in [2.45, 2.75) is 10.9 Å². The first-order valence-electron chi connectivity index (χ1n) is 7.16. The van der Waals surface area contributed by atoms with Gasteiger partial charge in [0.2, 0.25) is 5.82 Å². The fraction of sp³-hybridized carbons (Fsp3) is 0.118. The first kappa shape index (κ1) is 15.3. The number of hydrogen-bond acceptors (Lipinski definition) is 5. The molecule has 0 aliphatic carbocycles. The molecule has 0 bridgehead atoms. The van der Waals surface area contributed by atoms with Gasteiger partial charge in [0.1, 0.15) is 0 Å². The van der Waals surface area contributed by atoms with Crippen LogP contribution in [0.2, 0.25) is 0 Å². The van der Waals surface area contributed by atoms with E-state index in [9.17, 15) is 4.79 Å². The molecule has 116 valence electrons. The summed E-state index contributed by atoms with van der Waals surface area (Å²) < 4.78 is 1.52. The van der Waals surface area contributed by atoms with Crippen LogP contribution in [0.25, 0.3) is 0 Å². The predicted octanol–water partition coefficient (Wildman–Crippen LogP) is 3.21. The molecule has 1 aromatic heterocycles. The van der Waals surface area contributed by atoms with Crippen LogP contribution in [-0.2, 0) is 12.8 Å². The van der Waals surface area contributed by atoms with E-state index in [1.165, 1.54) is 21.9 Å². The zero-order valence-electron chi connectivity index (χ0n) is 12.6. The SMILES string of the molecule is Cn1c(SCc2ccccc2)nnc(Nc2ccccc2)c1=O. The van der Waals surface area contributed by atoms with Crippen LogP contribution in [0, 0.1) is 0 Å². The summed E-state index contributed by atoms with van der Waals surface area (Å²) in [6.45, 7) is 0. The minimum atomic E-state index is -0.195. The Morgan fingerprint density at radius 2 is 1.65 bits per heavy atom. The van der Waals surface area contributed by atoms with E-state index in [2.05, 4.69) is 15.5 Å². The first-order valence-corrected chi connectivity index (χ1v) is 8.15. The van der Waals surface area contributed by atoms with Crippen molar-refractivity contribution in [3.8, 4) is 0 Å². The molecule has 1 heterocycles. The van der Waals surface area contributed by atoms with Gasteiger partial charge in [-0.1, -0.05) is 60.3 Å². The Bertz CT molecular complexity index is 834. The molecule has 0 aliphatic heterocycles. The zero-order chi connectivity index (χ0) is 16.1. The third kappa shape index (κ3) is 3.78. The van der Waals surface area contributed by atoms with Crippen molar-refractivity contribution in [1.82, 2.24) is 14.8 Å². The van der Waals surface area contributed by atoms with Crippen molar-refractivity contribution in [3.63, 3.8) is 0 Å². The normalized spacial score (nSPS) is 10.5. The van der Waals surface area contributed by atoms with Crippen LogP contribution in [0.15, 0.2) is 70.6 Å². The number of rotatable bonds is 5. The lowest BCUT2D eigenvalue weighted by molar-refractivity contribution is 0.666. The fourth-order valence-electron chi connectivity index (χ4n) is 2.03. The summed E-state index contributed by atoms with van der Waals surface area (Å²) in [4.78, 5) is 12.4. The standard InChI is InChI=1S/C17H16N4OS/c1-21-16(22)15(18-14-10-6-3-7-11-14)19-20-17(21)23-12-13-8-4-2-5-9-13/h2-11H,12H2,1H3,(H,18,19). The number of nitrogens with zero attached hydrogens (tertiary/aromatic N) is 3. The van der Waals surface area contributed by atoms with Gasteiger partial charge in [-0.05, 0) is 17.7 Å². The summed E-state index contributed by atoms with van der Waals surface area (Å²) in [6, 6.07) is 19.5. The summed E-state index contributed by atoms with van der Waals surface area (Å²) in [6.07, 6.45) is 0. The third-order valence-electron chi connectivity index (χ3n) is 3.28. The van der Waals surface area contributed by atoms with Gasteiger partial charge in [0, 0.05) is 18.5 Å². The van der Waals surface area contributed by atoms with Gasteiger partial charge in [-0.15, -0.1) is 10.2 Å². The van der Waals surface area contributed by atoms with E-state index >= 15 is 0 Å². The Morgan fingerprint density at radius 1 is 1.00 bits per heavy atom. The minimum Gasteiger partial charge on any atom is -0.334 e. The Morgan fingerprint density at radius 3 is 2.35 bits per heavy atom. The largest absolute Gasteiger partial charge is 0.334 e. The van der Waals surface area contributed by atoms with Gasteiger partial charge in [-0.2, -0.15) is 0 Å². The minimum absolute atomic E-state index is 0.195. The van der Waals surface area contributed by atoms with Gasteiger partial charge < -0.3 is 5.32 Å². The number of aromatic nitrogens is 3. The Hall–Kier alpha value is -2.60. The molecule has 0 spiro atoms. The van der Waals surface area contributed by atoms with E-state index in [1.807, 2.05) is 60.7 Å². The molecular formula is C17H16N4OS. The van der Waals surface area contributed by atoms with E-state index in [4.69, 9.17) is 0 Å². The maximum absolute atomic E-state index is 12.4. The molecule has 0 unspecified atom stereocenters. The lowest BCUT2D eigenvalue weighted by Crippen LogP contribution is -2.24. The number of benzene rings is 2. The molecule has 6 heteroatoms. The molecular weight excluding hydrogens is 308 g/mol. The monoisotopic (exact) mass is 324 g/mol. The van der Waals surface area contributed by atoms with Crippen molar-refractivity contribution in [2.24, 2.45) is 7.05 Å². The zero-order valence-corrected chi connectivity index (χ0v) is 13.5. The van der Waals surface area contributed by atoms with Gasteiger partial charge in [-0.3, -0.25) is 9.36 Å². The van der Waals surface area contributed by atoms with E-state index in [1.54, 1.807) is 7.05 Å².